The summed E-state index contributed by atoms with van der Waals surface area (Å²) in [7, 11) is 0. The Bertz CT molecular complexity index is 605. The number of nitriles is 1. The molecule has 26 heavy (non-hydrogen) atoms. The van der Waals surface area contributed by atoms with Crippen LogP contribution in [0, 0.1) is 36.0 Å². The monoisotopic (exact) mass is 356 g/mol. The maximum atomic E-state index is 9.57. The van der Waals surface area contributed by atoms with Crippen molar-refractivity contribution in [1.29, 1.82) is 5.26 Å². The highest BCUT2D eigenvalue weighted by Gasteiger charge is 2.20. The van der Waals surface area contributed by atoms with Crippen LogP contribution in [0.25, 0.3) is 0 Å². The SMILES string of the molecule is CCCCC1CNc2nc(cc(C)c2C#N)NCC(CC)CCCC1C. The normalized spacial score (nSPS) is 24.2. The first kappa shape index (κ1) is 20.6. The average Bonchev–Trinajstić information content (AvgIpc) is 2.64. The summed E-state index contributed by atoms with van der Waals surface area (Å²) in [6.07, 6.45) is 8.83. The van der Waals surface area contributed by atoms with Gasteiger partial charge in [0.15, 0.2) is 0 Å². The molecule has 144 valence electrons. The summed E-state index contributed by atoms with van der Waals surface area (Å²) in [5, 5.41) is 16.6. The first-order valence-corrected chi connectivity index (χ1v) is 10.5. The van der Waals surface area contributed by atoms with E-state index in [9.17, 15) is 5.26 Å². The first-order valence-electron chi connectivity index (χ1n) is 10.5. The third-order valence-corrected chi connectivity index (χ3v) is 6.01. The van der Waals surface area contributed by atoms with Gasteiger partial charge in [0.25, 0.3) is 0 Å². The van der Waals surface area contributed by atoms with Crippen LogP contribution < -0.4 is 10.6 Å². The highest BCUT2D eigenvalue weighted by Crippen LogP contribution is 2.28. The predicted octanol–water partition coefficient (Wildman–Crippen LogP) is 5.74. The second kappa shape index (κ2) is 10.4. The molecule has 3 unspecified atom stereocenters. The van der Waals surface area contributed by atoms with Crippen LogP contribution in [0.4, 0.5) is 11.6 Å². The summed E-state index contributed by atoms with van der Waals surface area (Å²) in [4.78, 5) is 4.73. The van der Waals surface area contributed by atoms with Gasteiger partial charge in [-0.3, -0.25) is 0 Å². The number of hydrogen-bond acceptors (Lipinski definition) is 4. The van der Waals surface area contributed by atoms with Gasteiger partial charge in [-0.1, -0.05) is 52.9 Å². The molecule has 1 aromatic rings. The van der Waals surface area contributed by atoms with Gasteiger partial charge in [0.05, 0.1) is 5.56 Å². The number of unbranched alkanes of at least 4 members (excludes halogenated alkanes) is 1. The zero-order chi connectivity index (χ0) is 18.9. The lowest BCUT2D eigenvalue weighted by molar-refractivity contribution is 0.307. The van der Waals surface area contributed by atoms with Crippen molar-refractivity contribution >= 4 is 11.6 Å². The van der Waals surface area contributed by atoms with E-state index in [1.807, 2.05) is 13.0 Å². The molecule has 1 aliphatic heterocycles. The van der Waals surface area contributed by atoms with Gasteiger partial charge in [-0.25, -0.2) is 4.98 Å². The molecule has 2 rings (SSSR count). The molecular formula is C22H36N4. The van der Waals surface area contributed by atoms with Crippen LogP contribution in [0.2, 0.25) is 0 Å². The fourth-order valence-corrected chi connectivity index (χ4v) is 3.98. The van der Waals surface area contributed by atoms with E-state index < -0.39 is 0 Å². The Labute approximate surface area is 159 Å². The van der Waals surface area contributed by atoms with Crippen molar-refractivity contribution in [1.82, 2.24) is 4.98 Å². The summed E-state index contributed by atoms with van der Waals surface area (Å²) in [6, 6.07) is 4.34. The lowest BCUT2D eigenvalue weighted by Crippen LogP contribution is -2.22. The quantitative estimate of drug-likeness (QED) is 0.722. The first-order chi connectivity index (χ1) is 12.6. The smallest absolute Gasteiger partial charge is 0.146 e. The molecule has 2 N–H and O–H groups in total. The van der Waals surface area contributed by atoms with E-state index in [4.69, 9.17) is 4.98 Å². The molecule has 2 heterocycles. The van der Waals surface area contributed by atoms with Crippen molar-refractivity contribution < 1.29 is 0 Å². The van der Waals surface area contributed by atoms with Crippen LogP contribution in [-0.4, -0.2) is 18.1 Å². The number of anilines is 2. The minimum Gasteiger partial charge on any atom is -0.370 e. The van der Waals surface area contributed by atoms with Gasteiger partial charge in [-0.15, -0.1) is 0 Å². The molecule has 3 atom stereocenters. The minimum absolute atomic E-state index is 0.640. The van der Waals surface area contributed by atoms with E-state index in [0.29, 0.717) is 23.3 Å². The number of hydrogen-bond donors (Lipinski definition) is 2. The van der Waals surface area contributed by atoms with Gasteiger partial charge in [0, 0.05) is 13.1 Å². The van der Waals surface area contributed by atoms with Crippen molar-refractivity contribution in [3.05, 3.63) is 17.2 Å². The number of fused-ring (bicyclic) bond motifs is 2. The molecule has 0 saturated carbocycles. The third-order valence-electron chi connectivity index (χ3n) is 6.01. The molecule has 0 radical (unpaired) electrons. The number of pyridine rings is 1. The largest absolute Gasteiger partial charge is 0.370 e. The third kappa shape index (κ3) is 5.62. The van der Waals surface area contributed by atoms with Crippen LogP contribution in [0.3, 0.4) is 0 Å². The van der Waals surface area contributed by atoms with Gasteiger partial charge in [-0.05, 0) is 49.1 Å². The lowest BCUT2D eigenvalue weighted by atomic mass is 9.84. The van der Waals surface area contributed by atoms with Gasteiger partial charge in [-0.2, -0.15) is 5.26 Å². The molecule has 4 heteroatoms. The summed E-state index contributed by atoms with van der Waals surface area (Å²) in [5.41, 5.74) is 1.67. The van der Waals surface area contributed by atoms with E-state index >= 15 is 0 Å². The van der Waals surface area contributed by atoms with E-state index in [-0.39, 0.29) is 0 Å². The van der Waals surface area contributed by atoms with Crippen LogP contribution in [-0.2, 0) is 0 Å². The molecule has 0 saturated heterocycles. The minimum atomic E-state index is 0.640. The standard InChI is InChI=1S/C22H36N4/c1-5-7-11-19-15-25-22-20(13-23)17(4)12-21(26-22)24-14-18(6-2)10-8-9-16(19)3/h12,16,18-19H,5-11,14-15H2,1-4H3,(H2,24,25,26). The van der Waals surface area contributed by atoms with Crippen molar-refractivity contribution in [3.63, 3.8) is 0 Å². The van der Waals surface area contributed by atoms with E-state index in [2.05, 4.69) is 37.5 Å². The topological polar surface area (TPSA) is 60.7 Å². The van der Waals surface area contributed by atoms with Crippen molar-refractivity contribution in [2.75, 3.05) is 23.7 Å². The van der Waals surface area contributed by atoms with E-state index in [1.165, 1.54) is 44.9 Å². The molecule has 0 spiro atoms. The highest BCUT2D eigenvalue weighted by atomic mass is 15.1. The zero-order valence-electron chi connectivity index (χ0n) is 17.1. The molecular weight excluding hydrogens is 320 g/mol. The Kier molecular flexibility index (Phi) is 8.22. The number of nitrogens with zero attached hydrogens (tertiary/aromatic N) is 2. The summed E-state index contributed by atoms with van der Waals surface area (Å²) in [6.45, 7) is 10.8. The molecule has 0 amide bonds. The summed E-state index contributed by atoms with van der Waals surface area (Å²) in [5.74, 6) is 3.66. The van der Waals surface area contributed by atoms with Crippen LogP contribution in [0.5, 0.6) is 0 Å². The number of aryl methyl sites for hydroxylation is 1. The maximum Gasteiger partial charge on any atom is 0.146 e. The number of nitrogens with one attached hydrogen (secondary N) is 2. The lowest BCUT2D eigenvalue weighted by Gasteiger charge is -2.25. The van der Waals surface area contributed by atoms with Gasteiger partial charge in [0.1, 0.15) is 17.7 Å². The molecule has 1 aromatic heterocycles. The average molecular weight is 357 g/mol. The van der Waals surface area contributed by atoms with Gasteiger partial charge in [0.2, 0.25) is 0 Å². The Morgan fingerprint density at radius 3 is 2.73 bits per heavy atom. The number of rotatable bonds is 4. The highest BCUT2D eigenvalue weighted by molar-refractivity contribution is 5.60. The maximum absolute atomic E-state index is 9.57. The second-order valence-electron chi connectivity index (χ2n) is 8.01. The Balaban J connectivity index is 2.28. The Morgan fingerprint density at radius 1 is 1.23 bits per heavy atom. The molecule has 1 aliphatic rings. The number of aromatic nitrogens is 1. The molecule has 4 nitrogen and oxygen atoms in total. The Morgan fingerprint density at radius 2 is 2.04 bits per heavy atom. The molecule has 2 bridgehead atoms. The van der Waals surface area contributed by atoms with E-state index in [0.717, 1.165) is 30.3 Å². The Hall–Kier alpha value is -1.76. The molecule has 0 fully saturated rings. The van der Waals surface area contributed by atoms with Crippen LogP contribution in [0.1, 0.15) is 76.8 Å². The molecule has 0 aromatic carbocycles. The predicted molar refractivity (Wildman–Crippen MR) is 110 cm³/mol. The van der Waals surface area contributed by atoms with Crippen molar-refractivity contribution in [2.45, 2.75) is 72.6 Å². The molecule has 0 aliphatic carbocycles. The fourth-order valence-electron chi connectivity index (χ4n) is 3.98. The van der Waals surface area contributed by atoms with Crippen LogP contribution in [0.15, 0.2) is 6.07 Å². The zero-order valence-corrected chi connectivity index (χ0v) is 17.1. The van der Waals surface area contributed by atoms with Crippen LogP contribution >= 0.6 is 0 Å². The summed E-state index contributed by atoms with van der Waals surface area (Å²) >= 11 is 0. The second-order valence-corrected chi connectivity index (χ2v) is 8.01. The fraction of sp³-hybridized carbons (Fsp3) is 0.727. The van der Waals surface area contributed by atoms with Crippen molar-refractivity contribution in [2.24, 2.45) is 17.8 Å². The van der Waals surface area contributed by atoms with Crippen molar-refractivity contribution in [3.8, 4) is 6.07 Å². The van der Waals surface area contributed by atoms with Gasteiger partial charge < -0.3 is 10.6 Å². The van der Waals surface area contributed by atoms with E-state index in [1.54, 1.807) is 0 Å². The summed E-state index contributed by atoms with van der Waals surface area (Å²) < 4.78 is 0. The van der Waals surface area contributed by atoms with Gasteiger partial charge >= 0.3 is 0 Å².